The number of nitrogens with zero attached hydrogens (tertiary/aromatic N) is 2. The average Bonchev–Trinajstić information content (AvgIpc) is 2.89. The molecule has 0 radical (unpaired) electrons. The first-order valence-corrected chi connectivity index (χ1v) is 6.49. The first-order chi connectivity index (χ1) is 8.33. The first kappa shape index (κ1) is 11.7. The lowest BCUT2D eigenvalue weighted by Crippen LogP contribution is -2.21. The molecule has 0 fully saturated rings. The van der Waals surface area contributed by atoms with Crippen LogP contribution in [0, 0.1) is 11.3 Å². The summed E-state index contributed by atoms with van der Waals surface area (Å²) in [4.78, 5) is 3.61. The standard InChI is InChI=1S/C14H14N2S/c1-2-16(11-14-7-4-8-17-14)13-6-3-5-12(9-13)10-15/h3-9H,2,11H2,1H3. The summed E-state index contributed by atoms with van der Waals surface area (Å²) in [5.74, 6) is 0. The topological polar surface area (TPSA) is 27.0 Å². The number of rotatable bonds is 4. The molecule has 2 nitrogen and oxygen atoms in total. The molecule has 17 heavy (non-hydrogen) atoms. The van der Waals surface area contributed by atoms with Crippen LogP contribution < -0.4 is 4.90 Å². The average molecular weight is 242 g/mol. The first-order valence-electron chi connectivity index (χ1n) is 5.61. The van der Waals surface area contributed by atoms with Gasteiger partial charge >= 0.3 is 0 Å². The van der Waals surface area contributed by atoms with E-state index in [0.717, 1.165) is 18.8 Å². The van der Waals surface area contributed by atoms with Crippen LogP contribution >= 0.6 is 11.3 Å². The third-order valence-corrected chi connectivity index (χ3v) is 3.51. The highest BCUT2D eigenvalue weighted by Gasteiger charge is 2.06. The van der Waals surface area contributed by atoms with Crippen molar-refractivity contribution >= 4 is 17.0 Å². The molecule has 0 spiro atoms. The number of benzene rings is 1. The minimum Gasteiger partial charge on any atom is -0.367 e. The zero-order valence-corrected chi connectivity index (χ0v) is 10.6. The third kappa shape index (κ3) is 2.86. The van der Waals surface area contributed by atoms with Crippen molar-refractivity contribution in [1.82, 2.24) is 0 Å². The van der Waals surface area contributed by atoms with Crippen molar-refractivity contribution in [3.8, 4) is 6.07 Å². The zero-order valence-electron chi connectivity index (χ0n) is 9.76. The van der Waals surface area contributed by atoms with E-state index in [-0.39, 0.29) is 0 Å². The summed E-state index contributed by atoms with van der Waals surface area (Å²) in [5.41, 5.74) is 1.83. The molecule has 1 heterocycles. The second kappa shape index (κ2) is 5.51. The maximum atomic E-state index is 8.91. The maximum absolute atomic E-state index is 8.91. The van der Waals surface area contributed by atoms with Crippen LogP contribution in [0.4, 0.5) is 5.69 Å². The van der Waals surface area contributed by atoms with Crippen LogP contribution in [0.3, 0.4) is 0 Å². The highest BCUT2D eigenvalue weighted by Crippen LogP contribution is 2.20. The van der Waals surface area contributed by atoms with Gasteiger partial charge in [-0.2, -0.15) is 5.26 Å². The molecule has 0 unspecified atom stereocenters. The summed E-state index contributed by atoms with van der Waals surface area (Å²) in [7, 11) is 0. The minimum atomic E-state index is 0.715. The fraction of sp³-hybridized carbons (Fsp3) is 0.214. The number of thiophene rings is 1. The Balaban J connectivity index is 2.20. The molecule has 0 atom stereocenters. The highest BCUT2D eigenvalue weighted by atomic mass is 32.1. The smallest absolute Gasteiger partial charge is 0.0992 e. The van der Waals surface area contributed by atoms with Gasteiger partial charge in [0.1, 0.15) is 0 Å². The second-order valence-electron chi connectivity index (χ2n) is 3.76. The van der Waals surface area contributed by atoms with Crippen molar-refractivity contribution < 1.29 is 0 Å². The van der Waals surface area contributed by atoms with E-state index in [9.17, 15) is 0 Å². The monoisotopic (exact) mass is 242 g/mol. The summed E-state index contributed by atoms with van der Waals surface area (Å²) >= 11 is 1.76. The molecule has 3 heteroatoms. The SMILES string of the molecule is CCN(Cc1cccs1)c1cccc(C#N)c1. The molecule has 0 aliphatic rings. The molecule has 86 valence electrons. The Labute approximate surface area is 106 Å². The quantitative estimate of drug-likeness (QED) is 0.818. The van der Waals surface area contributed by atoms with Gasteiger partial charge in [-0.25, -0.2) is 0 Å². The molecule has 0 aliphatic carbocycles. The van der Waals surface area contributed by atoms with E-state index in [2.05, 4.69) is 41.5 Å². The third-order valence-electron chi connectivity index (χ3n) is 2.65. The molecule has 1 aromatic heterocycles. The molecule has 0 amide bonds. The van der Waals surface area contributed by atoms with Gasteiger partial charge in [-0.1, -0.05) is 12.1 Å². The molecule has 0 saturated heterocycles. The maximum Gasteiger partial charge on any atom is 0.0992 e. The van der Waals surface area contributed by atoms with Crippen molar-refractivity contribution in [2.75, 3.05) is 11.4 Å². The Morgan fingerprint density at radius 2 is 2.18 bits per heavy atom. The molecule has 0 N–H and O–H groups in total. The van der Waals surface area contributed by atoms with Crippen molar-refractivity contribution in [1.29, 1.82) is 5.26 Å². The molecule has 2 rings (SSSR count). The molecule has 1 aromatic carbocycles. The Morgan fingerprint density at radius 1 is 1.29 bits per heavy atom. The Kier molecular flexibility index (Phi) is 3.79. The molecule has 0 bridgehead atoms. The summed E-state index contributed by atoms with van der Waals surface area (Å²) in [6, 6.07) is 14.2. The van der Waals surface area contributed by atoms with Crippen LogP contribution in [0.1, 0.15) is 17.4 Å². The van der Waals surface area contributed by atoms with E-state index in [1.165, 1.54) is 4.88 Å². The fourth-order valence-electron chi connectivity index (χ4n) is 1.75. The second-order valence-corrected chi connectivity index (χ2v) is 4.79. The van der Waals surface area contributed by atoms with E-state index < -0.39 is 0 Å². The van der Waals surface area contributed by atoms with E-state index in [0.29, 0.717) is 5.56 Å². The number of nitriles is 1. The van der Waals surface area contributed by atoms with Crippen molar-refractivity contribution in [2.45, 2.75) is 13.5 Å². The highest BCUT2D eigenvalue weighted by molar-refractivity contribution is 7.09. The molecular weight excluding hydrogens is 228 g/mol. The van der Waals surface area contributed by atoms with Gasteiger partial charge in [0.15, 0.2) is 0 Å². The summed E-state index contributed by atoms with van der Waals surface area (Å²) in [6.45, 7) is 3.97. The Morgan fingerprint density at radius 3 is 2.82 bits per heavy atom. The number of anilines is 1. The lowest BCUT2D eigenvalue weighted by Gasteiger charge is -2.22. The van der Waals surface area contributed by atoms with Crippen LogP contribution in [-0.4, -0.2) is 6.54 Å². The molecule has 2 aromatic rings. The van der Waals surface area contributed by atoms with Crippen molar-refractivity contribution in [3.05, 3.63) is 52.2 Å². The van der Waals surface area contributed by atoms with Crippen molar-refractivity contribution in [3.63, 3.8) is 0 Å². The van der Waals surface area contributed by atoms with Gasteiger partial charge in [-0.15, -0.1) is 11.3 Å². The van der Waals surface area contributed by atoms with E-state index in [1.807, 2.05) is 18.2 Å². The lowest BCUT2D eigenvalue weighted by molar-refractivity contribution is 0.842. The van der Waals surface area contributed by atoms with Gasteiger partial charge in [-0.05, 0) is 36.6 Å². The summed E-state index contributed by atoms with van der Waals surface area (Å²) < 4.78 is 0. The molecular formula is C14H14N2S. The van der Waals surface area contributed by atoms with Gasteiger partial charge in [0, 0.05) is 17.1 Å². The number of hydrogen-bond donors (Lipinski definition) is 0. The predicted molar refractivity (Wildman–Crippen MR) is 72.2 cm³/mol. The largest absolute Gasteiger partial charge is 0.367 e. The zero-order chi connectivity index (χ0) is 12.1. The Bertz CT molecular complexity index is 511. The summed E-state index contributed by atoms with van der Waals surface area (Å²) in [5, 5.41) is 11.0. The predicted octanol–water partition coefficient (Wildman–Crippen LogP) is 3.65. The molecule has 0 aliphatic heterocycles. The van der Waals surface area contributed by atoms with Crippen LogP contribution in [0.25, 0.3) is 0 Å². The van der Waals surface area contributed by atoms with Gasteiger partial charge in [0.2, 0.25) is 0 Å². The normalized spacial score (nSPS) is 9.88. The summed E-state index contributed by atoms with van der Waals surface area (Å²) in [6.07, 6.45) is 0. The lowest BCUT2D eigenvalue weighted by atomic mass is 10.2. The van der Waals surface area contributed by atoms with Crippen LogP contribution in [-0.2, 0) is 6.54 Å². The van der Waals surface area contributed by atoms with Gasteiger partial charge in [0.25, 0.3) is 0 Å². The van der Waals surface area contributed by atoms with Crippen LogP contribution in [0.15, 0.2) is 41.8 Å². The van der Waals surface area contributed by atoms with E-state index in [4.69, 9.17) is 5.26 Å². The van der Waals surface area contributed by atoms with Gasteiger partial charge in [0.05, 0.1) is 18.2 Å². The fourth-order valence-corrected chi connectivity index (χ4v) is 2.47. The van der Waals surface area contributed by atoms with E-state index in [1.54, 1.807) is 11.3 Å². The molecule has 0 saturated carbocycles. The Hall–Kier alpha value is -1.79. The van der Waals surface area contributed by atoms with Crippen LogP contribution in [0.2, 0.25) is 0 Å². The minimum absolute atomic E-state index is 0.715. The van der Waals surface area contributed by atoms with Crippen LogP contribution in [0.5, 0.6) is 0 Å². The van der Waals surface area contributed by atoms with Gasteiger partial charge < -0.3 is 4.90 Å². The van der Waals surface area contributed by atoms with E-state index >= 15 is 0 Å². The van der Waals surface area contributed by atoms with Gasteiger partial charge in [-0.3, -0.25) is 0 Å². The number of hydrogen-bond acceptors (Lipinski definition) is 3. The van der Waals surface area contributed by atoms with Crippen molar-refractivity contribution in [2.24, 2.45) is 0 Å².